The van der Waals surface area contributed by atoms with Gasteiger partial charge in [0.15, 0.2) is 0 Å². The molecule has 0 aliphatic carbocycles. The van der Waals surface area contributed by atoms with E-state index in [1.54, 1.807) is 0 Å². The minimum absolute atomic E-state index is 0. The van der Waals surface area contributed by atoms with Gasteiger partial charge in [0.25, 0.3) is 0 Å². The molecule has 0 saturated heterocycles. The average Bonchev–Trinajstić information content (AvgIpc) is 0.811. The van der Waals surface area contributed by atoms with Crippen LogP contribution in [0.4, 0.5) is 4.79 Å². The van der Waals surface area contributed by atoms with Gasteiger partial charge in [0, 0.05) is 17.1 Å². The molecule has 3 nitrogen and oxygen atoms in total. The molecule has 0 radical (unpaired) electrons. The fourth-order valence-electron chi connectivity index (χ4n) is 0. The molecule has 0 bridgehead atoms. The van der Waals surface area contributed by atoms with E-state index in [-0.39, 0.29) is 54.8 Å². The van der Waals surface area contributed by atoms with Crippen molar-refractivity contribution in [3.05, 3.63) is 0 Å². The Bertz CT molecular complexity index is 35.9. The van der Waals surface area contributed by atoms with E-state index >= 15 is 0 Å². The Morgan fingerprint density at radius 1 is 1.14 bits per heavy atom. The summed E-state index contributed by atoms with van der Waals surface area (Å²) in [6, 6.07) is 0. The molecule has 0 heterocycles. The van der Waals surface area contributed by atoms with Gasteiger partial charge in [0.2, 0.25) is 0 Å². The van der Waals surface area contributed by atoms with Crippen molar-refractivity contribution < 1.29 is 32.1 Å². The first-order valence-electron chi connectivity index (χ1n) is 0.651. The first-order valence-corrected chi connectivity index (χ1v) is 0.651. The molecular weight excluding hydrogens is 130 g/mol. The number of rotatable bonds is 0. The molecule has 0 aromatic rings. The molecule has 0 saturated carbocycles. The molecule has 0 aromatic carbocycles. The van der Waals surface area contributed by atoms with E-state index in [4.69, 9.17) is 15.0 Å². The second-order valence-electron chi connectivity index (χ2n) is 0.283. The molecule has 0 fully saturated rings. The number of hydrogen-bond donors (Lipinski definition) is 2. The summed E-state index contributed by atoms with van der Waals surface area (Å²) in [4.78, 5) is 8.56. The Balaban J connectivity index is -0.0000000150. The van der Waals surface area contributed by atoms with Gasteiger partial charge in [-0.15, -0.1) is 0 Å². The minimum atomic E-state index is -1.83. The third-order valence-electron chi connectivity index (χ3n) is 0. The van der Waals surface area contributed by atoms with Crippen LogP contribution < -0.4 is 0 Å². The molecule has 0 amide bonds. The monoisotopic (exact) mass is 134 g/mol. The molecule has 0 unspecified atom stereocenters. The summed E-state index contributed by atoms with van der Waals surface area (Å²) in [5.41, 5.74) is 0. The van der Waals surface area contributed by atoms with Crippen LogP contribution in [-0.4, -0.2) is 54.1 Å². The summed E-state index contributed by atoms with van der Waals surface area (Å²) in [5.74, 6) is 0. The Labute approximate surface area is 75.7 Å². The quantitative estimate of drug-likeness (QED) is 0.414. The molecule has 0 atom stereocenters. The van der Waals surface area contributed by atoms with Gasteiger partial charge in [0.1, 0.15) is 0 Å². The van der Waals surface area contributed by atoms with E-state index in [0.717, 1.165) is 0 Å². The van der Waals surface area contributed by atoms with Crippen LogP contribution in [0.25, 0.3) is 0 Å². The van der Waals surface area contributed by atoms with Crippen LogP contribution in [-0.2, 0) is 17.1 Å². The maximum absolute atomic E-state index is 8.56. The molecular formula is CH4FeLi2O3. The zero-order valence-electron chi connectivity index (χ0n) is 2.16. The fourth-order valence-corrected chi connectivity index (χ4v) is 0. The van der Waals surface area contributed by atoms with Crippen molar-refractivity contribution in [1.29, 1.82) is 0 Å². The van der Waals surface area contributed by atoms with Crippen LogP contribution >= 0.6 is 0 Å². The van der Waals surface area contributed by atoms with Crippen molar-refractivity contribution >= 4 is 43.9 Å². The van der Waals surface area contributed by atoms with Crippen molar-refractivity contribution in [3.63, 3.8) is 0 Å². The SMILES string of the molecule is O=C(O)O.[Fe].[LiH].[LiH]. The van der Waals surface area contributed by atoms with Crippen molar-refractivity contribution in [3.8, 4) is 0 Å². The molecule has 0 spiro atoms. The molecule has 2 N–H and O–H groups in total. The van der Waals surface area contributed by atoms with E-state index in [9.17, 15) is 0 Å². The van der Waals surface area contributed by atoms with Crippen molar-refractivity contribution in [1.82, 2.24) is 0 Å². The van der Waals surface area contributed by atoms with Crippen LogP contribution in [0, 0.1) is 0 Å². The summed E-state index contributed by atoms with van der Waals surface area (Å²) < 4.78 is 0. The van der Waals surface area contributed by atoms with Crippen LogP contribution in [0.1, 0.15) is 0 Å². The van der Waals surface area contributed by atoms with Gasteiger partial charge in [-0.25, -0.2) is 4.79 Å². The summed E-state index contributed by atoms with van der Waals surface area (Å²) in [6.45, 7) is 0. The van der Waals surface area contributed by atoms with Crippen LogP contribution in [0.2, 0.25) is 0 Å². The maximum atomic E-state index is 8.56. The number of carbonyl (C=O) groups is 1. The van der Waals surface area contributed by atoms with Crippen molar-refractivity contribution in [2.45, 2.75) is 0 Å². The zero-order chi connectivity index (χ0) is 3.58. The average molecular weight is 134 g/mol. The Hall–Kier alpha value is 0.984. The zero-order valence-corrected chi connectivity index (χ0v) is 3.26. The number of carboxylic acid groups (broad SMARTS) is 2. The topological polar surface area (TPSA) is 57.5 Å². The van der Waals surface area contributed by atoms with Crippen LogP contribution in [0.5, 0.6) is 0 Å². The van der Waals surface area contributed by atoms with E-state index < -0.39 is 6.16 Å². The first kappa shape index (κ1) is 24.5. The van der Waals surface area contributed by atoms with Gasteiger partial charge in [-0.1, -0.05) is 0 Å². The molecule has 0 aromatic heterocycles. The summed E-state index contributed by atoms with van der Waals surface area (Å²) in [5, 5.41) is 13.9. The van der Waals surface area contributed by atoms with Gasteiger partial charge < -0.3 is 10.2 Å². The van der Waals surface area contributed by atoms with Gasteiger partial charge in [-0.3, -0.25) is 0 Å². The third-order valence-corrected chi connectivity index (χ3v) is 0. The Kier molecular flexibility index (Phi) is 55.2. The molecule has 7 heavy (non-hydrogen) atoms. The fraction of sp³-hybridized carbons (Fsp3) is 0. The Morgan fingerprint density at radius 3 is 1.14 bits per heavy atom. The predicted molar refractivity (Wildman–Crippen MR) is 25.0 cm³/mol. The van der Waals surface area contributed by atoms with E-state index in [1.165, 1.54) is 0 Å². The molecule has 36 valence electrons. The molecule has 0 rings (SSSR count). The van der Waals surface area contributed by atoms with E-state index in [2.05, 4.69) is 0 Å². The van der Waals surface area contributed by atoms with Gasteiger partial charge >= 0.3 is 43.9 Å². The summed E-state index contributed by atoms with van der Waals surface area (Å²) in [7, 11) is 0. The van der Waals surface area contributed by atoms with Crippen LogP contribution in [0.15, 0.2) is 0 Å². The first-order chi connectivity index (χ1) is 1.73. The second-order valence-corrected chi connectivity index (χ2v) is 0.283. The van der Waals surface area contributed by atoms with Crippen LogP contribution in [0.3, 0.4) is 0 Å². The number of hydrogen-bond acceptors (Lipinski definition) is 1. The van der Waals surface area contributed by atoms with Gasteiger partial charge in [0.05, 0.1) is 0 Å². The molecule has 0 aliphatic heterocycles. The third kappa shape index (κ3) is 179. The normalized spacial score (nSPS) is 3.43. The Morgan fingerprint density at radius 2 is 1.14 bits per heavy atom. The van der Waals surface area contributed by atoms with Gasteiger partial charge in [-0.05, 0) is 0 Å². The van der Waals surface area contributed by atoms with Gasteiger partial charge in [-0.2, -0.15) is 0 Å². The van der Waals surface area contributed by atoms with Crippen molar-refractivity contribution in [2.24, 2.45) is 0 Å². The second kappa shape index (κ2) is 15.8. The van der Waals surface area contributed by atoms with E-state index in [0.29, 0.717) is 0 Å². The van der Waals surface area contributed by atoms with E-state index in [1.807, 2.05) is 0 Å². The van der Waals surface area contributed by atoms with Crippen molar-refractivity contribution in [2.75, 3.05) is 0 Å². The molecule has 6 heteroatoms. The summed E-state index contributed by atoms with van der Waals surface area (Å²) in [6.07, 6.45) is -1.83. The standard InChI is InChI=1S/CH2O3.Fe.2Li.2H/c2-1(3)4;;;;;/h(H2,2,3,4);;;;;. The molecule has 0 aliphatic rings. The predicted octanol–water partition coefficient (Wildman–Crippen LogP) is -1.08. The summed E-state index contributed by atoms with van der Waals surface area (Å²) >= 11 is 0.